The van der Waals surface area contributed by atoms with Gasteiger partial charge in [-0.2, -0.15) is 0 Å². The van der Waals surface area contributed by atoms with Gasteiger partial charge in [-0.15, -0.1) is 0 Å². The number of likely N-dealkylation sites (N-methyl/N-ethyl adjacent to an activating group) is 1. The summed E-state index contributed by atoms with van der Waals surface area (Å²) in [5.41, 5.74) is 0.803. The Hall–Kier alpha value is -0.140. The second-order valence-electron chi connectivity index (χ2n) is 2.71. The second kappa shape index (κ2) is 5.67. The molecule has 0 saturated heterocycles. The monoisotopic (exact) mass is 368 g/mol. The van der Waals surface area contributed by atoms with Gasteiger partial charge >= 0.3 is 0 Å². The third-order valence-electron chi connectivity index (χ3n) is 1.54. The molecule has 0 fully saturated rings. The van der Waals surface area contributed by atoms with E-state index in [1.165, 1.54) is 0 Å². The normalized spacial score (nSPS) is 9.93. The minimum atomic E-state index is -0.0411. The molecule has 5 heteroatoms. The third kappa shape index (κ3) is 3.55. The number of carbonyl (C=O) groups is 1. The van der Waals surface area contributed by atoms with Gasteiger partial charge in [0.1, 0.15) is 0 Å². The molecule has 0 spiro atoms. The molecule has 0 heterocycles. The Labute approximate surface area is 105 Å². The highest BCUT2D eigenvalue weighted by molar-refractivity contribution is 14.1. The quantitative estimate of drug-likeness (QED) is 0.803. The number of anilines is 1. The van der Waals surface area contributed by atoms with Crippen LogP contribution in [0.25, 0.3) is 0 Å². The van der Waals surface area contributed by atoms with E-state index in [1.54, 1.807) is 7.05 Å². The average Bonchev–Trinajstić information content (AvgIpc) is 2.12. The van der Waals surface area contributed by atoms with Crippen molar-refractivity contribution in [2.45, 2.75) is 0 Å². The van der Waals surface area contributed by atoms with Gasteiger partial charge in [-0.1, -0.05) is 0 Å². The van der Waals surface area contributed by atoms with Gasteiger partial charge in [0, 0.05) is 13.7 Å². The van der Waals surface area contributed by atoms with E-state index in [0.717, 1.165) is 13.7 Å². The van der Waals surface area contributed by atoms with Gasteiger partial charge in [0.25, 0.3) is 0 Å². The molecule has 0 radical (unpaired) electrons. The highest BCUT2D eigenvalue weighted by Gasteiger charge is 2.02. The Kier molecular flexibility index (Phi) is 4.83. The van der Waals surface area contributed by atoms with E-state index in [4.69, 9.17) is 0 Å². The molecule has 0 bridgehead atoms. The first-order chi connectivity index (χ1) is 6.63. The Morgan fingerprint density at radius 2 is 2.29 bits per heavy atom. The lowest BCUT2D eigenvalue weighted by molar-refractivity contribution is -0.115. The molecule has 76 valence electrons. The lowest BCUT2D eigenvalue weighted by Gasteiger charge is -2.05. The van der Waals surface area contributed by atoms with Crippen LogP contribution < -0.4 is 10.6 Å². The van der Waals surface area contributed by atoms with Crippen LogP contribution in [-0.4, -0.2) is 19.5 Å². The van der Waals surface area contributed by atoms with Crippen molar-refractivity contribution < 1.29 is 4.79 Å². The molecule has 0 saturated carbocycles. The Bertz CT molecular complexity index is 344. The molecule has 14 heavy (non-hydrogen) atoms. The zero-order valence-electron chi connectivity index (χ0n) is 7.60. The topological polar surface area (TPSA) is 41.1 Å². The number of amides is 1. The summed E-state index contributed by atoms with van der Waals surface area (Å²) in [5.74, 6) is -0.0411. The molecule has 1 aromatic rings. The smallest absolute Gasteiger partial charge is 0.238 e. The first-order valence-electron chi connectivity index (χ1n) is 4.03. The van der Waals surface area contributed by atoms with Crippen LogP contribution in [0.1, 0.15) is 0 Å². The summed E-state index contributed by atoms with van der Waals surface area (Å²) in [6.45, 7) is 0.323. The molecule has 0 aliphatic heterocycles. The molecule has 1 amide bonds. The Morgan fingerprint density at radius 1 is 1.57 bits per heavy atom. The summed E-state index contributed by atoms with van der Waals surface area (Å²) in [4.78, 5) is 11.2. The van der Waals surface area contributed by atoms with Crippen LogP contribution in [0, 0.1) is 3.57 Å². The number of hydrogen-bond acceptors (Lipinski definition) is 2. The first kappa shape index (κ1) is 11.9. The number of benzene rings is 1. The molecule has 0 aliphatic rings. The number of nitrogens with one attached hydrogen (secondary N) is 2. The van der Waals surface area contributed by atoms with Crippen LogP contribution in [-0.2, 0) is 4.79 Å². The lowest BCUT2D eigenvalue weighted by Crippen LogP contribution is -2.25. The maximum atomic E-state index is 11.2. The van der Waals surface area contributed by atoms with Crippen molar-refractivity contribution in [1.82, 2.24) is 5.32 Å². The van der Waals surface area contributed by atoms with Crippen molar-refractivity contribution in [3.05, 3.63) is 26.2 Å². The molecule has 0 unspecified atom stereocenters. The van der Waals surface area contributed by atoms with Gasteiger partial charge in [0.2, 0.25) is 5.91 Å². The van der Waals surface area contributed by atoms with E-state index >= 15 is 0 Å². The number of hydrogen-bond donors (Lipinski definition) is 2. The van der Waals surface area contributed by atoms with Gasteiger partial charge in [-0.25, -0.2) is 0 Å². The molecule has 0 aromatic heterocycles. The van der Waals surface area contributed by atoms with Crippen molar-refractivity contribution in [2.24, 2.45) is 0 Å². The van der Waals surface area contributed by atoms with Crippen molar-refractivity contribution in [2.75, 3.05) is 18.9 Å². The third-order valence-corrected chi connectivity index (χ3v) is 3.88. The predicted molar refractivity (Wildman–Crippen MR) is 69.4 cm³/mol. The summed E-state index contributed by atoms with van der Waals surface area (Å²) in [6.07, 6.45) is 0. The molecular weight excluding hydrogens is 359 g/mol. The van der Waals surface area contributed by atoms with Crippen LogP contribution in [0.15, 0.2) is 22.7 Å². The standard InChI is InChI=1S/C9H10BrIN2O/c1-12-5-9(14)13-6-2-3-8(11)7(10)4-6/h2-4,12H,5H2,1H3,(H,13,14). The molecule has 1 rings (SSSR count). The van der Waals surface area contributed by atoms with Gasteiger partial charge in [0.05, 0.1) is 6.54 Å². The maximum absolute atomic E-state index is 11.2. The zero-order valence-corrected chi connectivity index (χ0v) is 11.3. The molecule has 1 aromatic carbocycles. The summed E-state index contributed by atoms with van der Waals surface area (Å²) in [6, 6.07) is 5.70. The zero-order chi connectivity index (χ0) is 10.6. The fourth-order valence-corrected chi connectivity index (χ4v) is 1.65. The van der Waals surface area contributed by atoms with Gasteiger partial charge in [-0.05, 0) is 63.8 Å². The minimum Gasteiger partial charge on any atom is -0.325 e. The van der Waals surface area contributed by atoms with Gasteiger partial charge in [-0.3, -0.25) is 4.79 Å². The lowest BCUT2D eigenvalue weighted by atomic mass is 10.3. The first-order valence-corrected chi connectivity index (χ1v) is 5.90. The molecule has 2 N–H and O–H groups in total. The number of carbonyl (C=O) groups excluding carboxylic acids is 1. The van der Waals surface area contributed by atoms with Crippen LogP contribution in [0.5, 0.6) is 0 Å². The number of rotatable bonds is 3. The largest absolute Gasteiger partial charge is 0.325 e. The maximum Gasteiger partial charge on any atom is 0.238 e. The SMILES string of the molecule is CNCC(=O)Nc1ccc(I)c(Br)c1. The van der Waals surface area contributed by atoms with E-state index in [2.05, 4.69) is 49.2 Å². The fourth-order valence-electron chi connectivity index (χ4n) is 0.940. The second-order valence-corrected chi connectivity index (χ2v) is 4.72. The van der Waals surface area contributed by atoms with Crippen LogP contribution >= 0.6 is 38.5 Å². The van der Waals surface area contributed by atoms with Gasteiger partial charge in [0.15, 0.2) is 0 Å². The molecular formula is C9H10BrIN2O. The van der Waals surface area contributed by atoms with Crippen LogP contribution in [0.2, 0.25) is 0 Å². The minimum absolute atomic E-state index is 0.0411. The summed E-state index contributed by atoms with van der Waals surface area (Å²) >= 11 is 5.62. The Balaban J connectivity index is 2.68. The highest BCUT2D eigenvalue weighted by atomic mass is 127. The fraction of sp³-hybridized carbons (Fsp3) is 0.222. The summed E-state index contributed by atoms with van der Waals surface area (Å²) in [7, 11) is 1.74. The molecule has 3 nitrogen and oxygen atoms in total. The van der Waals surface area contributed by atoms with Crippen LogP contribution in [0.3, 0.4) is 0 Å². The molecule has 0 atom stereocenters. The summed E-state index contributed by atoms with van der Waals surface area (Å²) in [5, 5.41) is 5.56. The van der Waals surface area contributed by atoms with E-state index in [9.17, 15) is 4.79 Å². The number of halogens is 2. The van der Waals surface area contributed by atoms with Crippen molar-refractivity contribution >= 4 is 50.1 Å². The average molecular weight is 369 g/mol. The van der Waals surface area contributed by atoms with Gasteiger partial charge < -0.3 is 10.6 Å². The van der Waals surface area contributed by atoms with E-state index in [1.807, 2.05) is 18.2 Å². The summed E-state index contributed by atoms with van der Waals surface area (Å²) < 4.78 is 2.11. The van der Waals surface area contributed by atoms with Crippen LogP contribution in [0.4, 0.5) is 5.69 Å². The van der Waals surface area contributed by atoms with E-state index in [-0.39, 0.29) is 5.91 Å². The Morgan fingerprint density at radius 3 is 2.86 bits per heavy atom. The van der Waals surface area contributed by atoms with E-state index in [0.29, 0.717) is 6.54 Å². The van der Waals surface area contributed by atoms with Crippen molar-refractivity contribution in [1.29, 1.82) is 0 Å². The van der Waals surface area contributed by atoms with E-state index < -0.39 is 0 Å². The molecule has 0 aliphatic carbocycles. The van der Waals surface area contributed by atoms with Crippen molar-refractivity contribution in [3.8, 4) is 0 Å². The predicted octanol–water partition coefficient (Wildman–Crippen LogP) is 2.21. The van der Waals surface area contributed by atoms with Crippen molar-refractivity contribution in [3.63, 3.8) is 0 Å². The highest BCUT2D eigenvalue weighted by Crippen LogP contribution is 2.22.